The number of amides is 2. The quantitative estimate of drug-likeness (QED) is 0.496. The molecule has 0 saturated heterocycles. The lowest BCUT2D eigenvalue weighted by Gasteiger charge is -2.41. The standard InChI is InChI=1S/C26H23F3N6O4/c1-14-2-5-20(31-11-14)35-23(32-21(36)8-15-12-30-15)22-18(34-35)10-25(33-24(22)37)6-7-38-19-9-16(3-4-17(19)25)39-13-26(27,28)29/h2-5,9,11H,6-8,10,12-13H2,1H3,(H,32,36)(H,33,37)/t25-/m0/s1. The number of carbonyl (C=O) groups excluding carboxylic acids is 2. The first-order valence-electron chi connectivity index (χ1n) is 12.3. The number of fused-ring (bicyclic) bond motifs is 3. The van der Waals surface area contributed by atoms with Crippen LogP contribution in [0, 0.1) is 6.92 Å². The van der Waals surface area contributed by atoms with Gasteiger partial charge >= 0.3 is 6.18 Å². The van der Waals surface area contributed by atoms with Crippen molar-refractivity contribution in [3.63, 3.8) is 0 Å². The minimum Gasteiger partial charge on any atom is -0.493 e. The maximum Gasteiger partial charge on any atom is 0.422 e. The lowest BCUT2D eigenvalue weighted by Crippen LogP contribution is -2.53. The van der Waals surface area contributed by atoms with E-state index in [1.54, 1.807) is 18.3 Å². The molecule has 202 valence electrons. The van der Waals surface area contributed by atoms with Crippen molar-refractivity contribution in [3.05, 3.63) is 58.9 Å². The largest absolute Gasteiger partial charge is 0.493 e. The van der Waals surface area contributed by atoms with Gasteiger partial charge in [0.2, 0.25) is 5.91 Å². The fourth-order valence-electron chi connectivity index (χ4n) is 4.89. The van der Waals surface area contributed by atoms with Crippen LogP contribution < -0.4 is 20.1 Å². The lowest BCUT2D eigenvalue weighted by atomic mass is 9.77. The molecule has 2 amide bonds. The number of aromatic nitrogens is 3. The normalized spacial score (nSPS) is 19.4. The molecule has 39 heavy (non-hydrogen) atoms. The van der Waals surface area contributed by atoms with Gasteiger partial charge in [0.05, 0.1) is 30.8 Å². The van der Waals surface area contributed by atoms with Gasteiger partial charge in [-0.25, -0.2) is 4.98 Å². The molecule has 0 bridgehead atoms. The molecule has 0 unspecified atom stereocenters. The van der Waals surface area contributed by atoms with E-state index in [2.05, 4.69) is 20.6 Å². The van der Waals surface area contributed by atoms with E-state index in [4.69, 9.17) is 14.6 Å². The van der Waals surface area contributed by atoms with Gasteiger partial charge in [0.1, 0.15) is 17.1 Å². The summed E-state index contributed by atoms with van der Waals surface area (Å²) in [6.07, 6.45) is -2.02. The number of alkyl halides is 3. The Morgan fingerprint density at radius 2 is 2.10 bits per heavy atom. The van der Waals surface area contributed by atoms with Gasteiger partial charge in [0.15, 0.2) is 18.2 Å². The van der Waals surface area contributed by atoms with Crippen LogP contribution in [-0.4, -0.2) is 58.2 Å². The third-order valence-corrected chi connectivity index (χ3v) is 6.78. The monoisotopic (exact) mass is 540 g/mol. The number of aliphatic imine (C=N–C) groups is 1. The number of hydrogen-bond acceptors (Lipinski definition) is 7. The van der Waals surface area contributed by atoms with E-state index in [1.807, 2.05) is 13.0 Å². The van der Waals surface area contributed by atoms with E-state index in [9.17, 15) is 22.8 Å². The van der Waals surface area contributed by atoms with Crippen molar-refractivity contribution < 1.29 is 32.2 Å². The number of benzene rings is 1. The predicted molar refractivity (Wildman–Crippen MR) is 133 cm³/mol. The molecule has 10 nitrogen and oxygen atoms in total. The molecule has 1 aromatic carbocycles. The van der Waals surface area contributed by atoms with Crippen molar-refractivity contribution in [2.75, 3.05) is 25.1 Å². The van der Waals surface area contributed by atoms with E-state index >= 15 is 0 Å². The van der Waals surface area contributed by atoms with E-state index in [-0.39, 0.29) is 42.5 Å². The van der Waals surface area contributed by atoms with Crippen LogP contribution in [0.1, 0.15) is 40.0 Å². The predicted octanol–water partition coefficient (Wildman–Crippen LogP) is 3.26. The van der Waals surface area contributed by atoms with Gasteiger partial charge in [0, 0.05) is 36.4 Å². The number of ether oxygens (including phenoxy) is 2. The van der Waals surface area contributed by atoms with Crippen molar-refractivity contribution in [3.8, 4) is 17.3 Å². The Morgan fingerprint density at radius 3 is 2.82 bits per heavy atom. The average Bonchev–Trinajstić information content (AvgIpc) is 3.62. The van der Waals surface area contributed by atoms with Crippen LogP contribution in [-0.2, 0) is 16.8 Å². The highest BCUT2D eigenvalue weighted by Gasteiger charge is 2.46. The van der Waals surface area contributed by atoms with Gasteiger partial charge in [-0.15, -0.1) is 0 Å². The zero-order valence-electron chi connectivity index (χ0n) is 20.8. The summed E-state index contributed by atoms with van der Waals surface area (Å²) in [4.78, 5) is 34.8. The Kier molecular flexibility index (Phi) is 5.81. The molecule has 0 aliphatic carbocycles. The van der Waals surface area contributed by atoms with E-state index in [1.165, 1.54) is 16.8 Å². The molecule has 6 rings (SSSR count). The van der Waals surface area contributed by atoms with E-state index in [0.29, 0.717) is 35.8 Å². The van der Waals surface area contributed by atoms with Gasteiger partial charge < -0.3 is 20.1 Å². The highest BCUT2D eigenvalue weighted by molar-refractivity contribution is 6.13. The molecular weight excluding hydrogens is 517 g/mol. The SMILES string of the molecule is Cc1ccc(-n2nc3c(c2NC(=O)CC2=NC2)C(=O)N[C@@]2(CCOc4cc(OCC(F)(F)F)ccc42)C3)nc1. The van der Waals surface area contributed by atoms with Crippen molar-refractivity contribution in [1.82, 2.24) is 20.1 Å². The maximum atomic E-state index is 13.6. The number of nitrogens with zero attached hydrogens (tertiary/aromatic N) is 4. The zero-order chi connectivity index (χ0) is 27.4. The lowest BCUT2D eigenvalue weighted by molar-refractivity contribution is -0.153. The summed E-state index contributed by atoms with van der Waals surface area (Å²) in [5.41, 5.74) is 2.08. The summed E-state index contributed by atoms with van der Waals surface area (Å²) in [7, 11) is 0. The summed E-state index contributed by atoms with van der Waals surface area (Å²) >= 11 is 0. The van der Waals surface area contributed by atoms with E-state index < -0.39 is 24.2 Å². The van der Waals surface area contributed by atoms with Crippen LogP contribution in [0.4, 0.5) is 19.0 Å². The molecule has 2 aromatic heterocycles. The fraction of sp³-hybridized carbons (Fsp3) is 0.346. The van der Waals surface area contributed by atoms with Crippen LogP contribution >= 0.6 is 0 Å². The Hall–Kier alpha value is -4.42. The molecule has 3 aliphatic heterocycles. The molecule has 1 atom stereocenters. The van der Waals surface area contributed by atoms with Crippen LogP contribution in [0.2, 0.25) is 0 Å². The highest BCUT2D eigenvalue weighted by atomic mass is 19.4. The molecule has 0 saturated carbocycles. The number of hydrogen-bond donors (Lipinski definition) is 2. The first-order chi connectivity index (χ1) is 18.6. The average molecular weight is 541 g/mol. The van der Waals surface area contributed by atoms with Crippen molar-refractivity contribution >= 4 is 23.3 Å². The smallest absolute Gasteiger partial charge is 0.422 e. The number of aryl methyl sites for hydroxylation is 1. The van der Waals surface area contributed by atoms with Crippen molar-refractivity contribution in [2.24, 2.45) is 4.99 Å². The first kappa shape index (κ1) is 24.9. The Labute approximate surface area is 220 Å². The summed E-state index contributed by atoms with van der Waals surface area (Å²) in [6, 6.07) is 8.01. The number of carbonyl (C=O) groups is 2. The molecule has 1 spiro atoms. The number of pyridine rings is 1. The second-order valence-corrected chi connectivity index (χ2v) is 9.76. The number of rotatable bonds is 6. The molecule has 3 aliphatic rings. The van der Waals surface area contributed by atoms with Gasteiger partial charge in [-0.05, 0) is 30.7 Å². The third-order valence-electron chi connectivity index (χ3n) is 6.78. The summed E-state index contributed by atoms with van der Waals surface area (Å²) in [6.45, 7) is 1.24. The Bertz CT molecular complexity index is 1520. The molecule has 2 N–H and O–H groups in total. The van der Waals surface area contributed by atoms with Gasteiger partial charge in [0.25, 0.3) is 5.91 Å². The minimum absolute atomic E-state index is 0.00550. The van der Waals surface area contributed by atoms with Crippen LogP contribution in [0.15, 0.2) is 41.5 Å². The Balaban J connectivity index is 1.37. The summed E-state index contributed by atoms with van der Waals surface area (Å²) < 4.78 is 49.9. The summed E-state index contributed by atoms with van der Waals surface area (Å²) in [5.74, 6) is 0.198. The number of halogens is 3. The highest BCUT2D eigenvalue weighted by Crippen LogP contribution is 2.44. The second-order valence-electron chi connectivity index (χ2n) is 9.76. The number of anilines is 1. The molecule has 5 heterocycles. The summed E-state index contributed by atoms with van der Waals surface area (Å²) in [5, 5.41) is 10.6. The molecule has 3 aromatic rings. The fourth-order valence-corrected chi connectivity index (χ4v) is 4.89. The molecule has 0 fully saturated rings. The minimum atomic E-state index is -4.48. The van der Waals surface area contributed by atoms with Gasteiger partial charge in [-0.1, -0.05) is 6.07 Å². The van der Waals surface area contributed by atoms with Crippen molar-refractivity contribution in [1.29, 1.82) is 0 Å². The zero-order valence-corrected chi connectivity index (χ0v) is 20.8. The topological polar surface area (TPSA) is 120 Å². The van der Waals surface area contributed by atoms with Gasteiger partial charge in [-0.3, -0.25) is 14.6 Å². The van der Waals surface area contributed by atoms with Crippen LogP contribution in [0.5, 0.6) is 11.5 Å². The Morgan fingerprint density at radius 1 is 1.28 bits per heavy atom. The van der Waals surface area contributed by atoms with Gasteiger partial charge in [-0.2, -0.15) is 23.0 Å². The maximum absolute atomic E-state index is 13.6. The second kappa shape index (κ2) is 9.10. The van der Waals surface area contributed by atoms with E-state index in [0.717, 1.165) is 11.3 Å². The van der Waals surface area contributed by atoms with Crippen molar-refractivity contribution in [2.45, 2.75) is 37.9 Å². The molecule has 0 radical (unpaired) electrons. The number of nitrogens with one attached hydrogen (secondary N) is 2. The van der Waals surface area contributed by atoms with Crippen LogP contribution in [0.25, 0.3) is 5.82 Å². The van der Waals surface area contributed by atoms with Crippen LogP contribution in [0.3, 0.4) is 0 Å². The molecular formula is C26H23F3N6O4. The third kappa shape index (κ3) is 4.91. The molecule has 13 heteroatoms. The first-order valence-corrected chi connectivity index (χ1v) is 12.3.